The Labute approximate surface area is 139 Å². The van der Waals surface area contributed by atoms with E-state index in [9.17, 15) is 4.39 Å². The molecular weight excluding hydrogens is 310 g/mol. The largest absolute Gasteiger partial charge is 0.496 e. The fourth-order valence-corrected chi connectivity index (χ4v) is 2.73. The molecule has 0 atom stereocenters. The first-order valence-electron chi connectivity index (χ1n) is 7.42. The molecule has 0 unspecified atom stereocenters. The molecule has 0 radical (unpaired) electrons. The molecule has 0 heterocycles. The zero-order valence-electron chi connectivity index (χ0n) is 13.3. The van der Waals surface area contributed by atoms with Crippen molar-refractivity contribution in [1.82, 2.24) is 0 Å². The molecule has 0 aliphatic carbocycles. The number of benzene rings is 3. The highest BCUT2D eigenvalue weighted by Crippen LogP contribution is 2.39. The van der Waals surface area contributed by atoms with Crippen LogP contribution in [0.3, 0.4) is 0 Å². The van der Waals surface area contributed by atoms with Gasteiger partial charge in [0.15, 0.2) is 0 Å². The lowest BCUT2D eigenvalue weighted by molar-refractivity contribution is 0.415. The highest BCUT2D eigenvalue weighted by molar-refractivity contribution is 5.80. The van der Waals surface area contributed by atoms with E-state index in [-0.39, 0.29) is 11.1 Å². The van der Waals surface area contributed by atoms with Crippen LogP contribution >= 0.6 is 0 Å². The van der Waals surface area contributed by atoms with Gasteiger partial charge in [0, 0.05) is 16.7 Å². The first kappa shape index (κ1) is 16.0. The summed E-state index contributed by atoms with van der Waals surface area (Å²) in [6.07, 6.45) is 0. The topological polar surface area (TPSA) is 18.5 Å². The predicted octanol–water partition coefficient (Wildman–Crippen LogP) is 5.32. The maximum absolute atomic E-state index is 15.2. The molecule has 0 saturated carbocycles. The molecule has 0 amide bonds. The van der Waals surface area contributed by atoms with Crippen molar-refractivity contribution in [3.63, 3.8) is 0 Å². The summed E-state index contributed by atoms with van der Waals surface area (Å²) in [6.45, 7) is 0. The van der Waals surface area contributed by atoms with Crippen molar-refractivity contribution in [3.8, 4) is 33.8 Å². The molecule has 4 heteroatoms. The van der Waals surface area contributed by atoms with Crippen molar-refractivity contribution in [3.05, 3.63) is 72.3 Å². The summed E-state index contributed by atoms with van der Waals surface area (Å²) >= 11 is 0. The van der Waals surface area contributed by atoms with E-state index in [0.717, 1.165) is 0 Å². The van der Waals surface area contributed by atoms with Crippen LogP contribution in [-0.2, 0) is 0 Å². The normalized spacial score (nSPS) is 10.5. The van der Waals surface area contributed by atoms with E-state index in [1.54, 1.807) is 48.5 Å². The van der Waals surface area contributed by atoms with Crippen LogP contribution in [0.5, 0.6) is 11.5 Å². The van der Waals surface area contributed by atoms with Crippen LogP contribution in [0.1, 0.15) is 0 Å². The molecule has 0 saturated heterocycles. The first-order chi connectivity index (χ1) is 11.7. The quantitative estimate of drug-likeness (QED) is 0.646. The summed E-state index contributed by atoms with van der Waals surface area (Å²) in [6, 6.07) is 16.5. The number of rotatable bonds is 4. The van der Waals surface area contributed by atoms with Crippen molar-refractivity contribution in [2.24, 2.45) is 0 Å². The van der Waals surface area contributed by atoms with E-state index in [2.05, 4.69) is 0 Å². The summed E-state index contributed by atoms with van der Waals surface area (Å²) in [4.78, 5) is 0. The summed E-state index contributed by atoms with van der Waals surface area (Å²) in [5.74, 6) is -0.360. The first-order valence-corrected chi connectivity index (χ1v) is 7.42. The Balaban J connectivity index is 2.26. The van der Waals surface area contributed by atoms with E-state index in [1.165, 1.54) is 26.4 Å². The minimum absolute atomic E-state index is 0.115. The van der Waals surface area contributed by atoms with Crippen molar-refractivity contribution < 1.29 is 18.3 Å². The third kappa shape index (κ3) is 2.71. The van der Waals surface area contributed by atoms with Crippen molar-refractivity contribution in [1.29, 1.82) is 0 Å². The molecule has 0 bridgehead atoms. The van der Waals surface area contributed by atoms with Gasteiger partial charge in [0.25, 0.3) is 0 Å². The van der Waals surface area contributed by atoms with Gasteiger partial charge in [-0.05, 0) is 24.3 Å². The van der Waals surface area contributed by atoms with Crippen LogP contribution in [0.2, 0.25) is 0 Å². The van der Waals surface area contributed by atoms with Gasteiger partial charge < -0.3 is 9.47 Å². The SMILES string of the molecule is COc1ccccc1-c1ccc(F)c(-c2ccccc2OC)c1F. The van der Waals surface area contributed by atoms with Gasteiger partial charge in [-0.25, -0.2) is 8.78 Å². The van der Waals surface area contributed by atoms with Crippen LogP contribution in [-0.4, -0.2) is 14.2 Å². The van der Waals surface area contributed by atoms with Crippen molar-refractivity contribution in [2.45, 2.75) is 0 Å². The molecule has 0 aliphatic rings. The number of halogens is 2. The zero-order chi connectivity index (χ0) is 17.1. The molecule has 0 aliphatic heterocycles. The molecule has 3 rings (SSSR count). The van der Waals surface area contributed by atoms with E-state index < -0.39 is 11.6 Å². The number of hydrogen-bond acceptors (Lipinski definition) is 2. The Morgan fingerprint density at radius 2 is 1.17 bits per heavy atom. The Morgan fingerprint density at radius 1 is 0.625 bits per heavy atom. The van der Waals surface area contributed by atoms with Crippen molar-refractivity contribution in [2.75, 3.05) is 14.2 Å². The second-order valence-electron chi connectivity index (χ2n) is 5.18. The Bertz CT molecular complexity index is 875. The van der Waals surface area contributed by atoms with Gasteiger partial charge in [-0.3, -0.25) is 0 Å². The van der Waals surface area contributed by atoms with E-state index in [1.807, 2.05) is 0 Å². The lowest BCUT2D eigenvalue weighted by Gasteiger charge is -2.14. The molecular formula is C20H16F2O2. The average molecular weight is 326 g/mol. The Hall–Kier alpha value is -2.88. The van der Waals surface area contributed by atoms with Crippen LogP contribution in [0.4, 0.5) is 8.78 Å². The van der Waals surface area contributed by atoms with Gasteiger partial charge >= 0.3 is 0 Å². The standard InChI is InChI=1S/C20H16F2O2/c1-23-17-9-5-3-7-13(17)14-11-12-16(21)19(20(14)22)15-8-4-6-10-18(15)24-2/h3-12H,1-2H3. The minimum atomic E-state index is -0.649. The fraction of sp³-hybridized carbons (Fsp3) is 0.100. The number of ether oxygens (including phenoxy) is 2. The molecule has 0 spiro atoms. The number of hydrogen-bond donors (Lipinski definition) is 0. The predicted molar refractivity (Wildman–Crippen MR) is 90.3 cm³/mol. The maximum Gasteiger partial charge on any atom is 0.142 e. The molecule has 0 fully saturated rings. The fourth-order valence-electron chi connectivity index (χ4n) is 2.73. The maximum atomic E-state index is 15.2. The molecule has 0 aromatic heterocycles. The van der Waals surface area contributed by atoms with Crippen LogP contribution in [0, 0.1) is 11.6 Å². The third-order valence-electron chi connectivity index (χ3n) is 3.86. The monoisotopic (exact) mass is 326 g/mol. The van der Waals surface area contributed by atoms with E-state index in [0.29, 0.717) is 22.6 Å². The van der Waals surface area contributed by atoms with E-state index in [4.69, 9.17) is 9.47 Å². The van der Waals surface area contributed by atoms with Gasteiger partial charge in [0.1, 0.15) is 23.1 Å². The lowest BCUT2D eigenvalue weighted by atomic mass is 9.96. The Kier molecular flexibility index (Phi) is 4.47. The van der Waals surface area contributed by atoms with Gasteiger partial charge in [-0.2, -0.15) is 0 Å². The lowest BCUT2D eigenvalue weighted by Crippen LogP contribution is -1.97. The minimum Gasteiger partial charge on any atom is -0.496 e. The molecule has 0 N–H and O–H groups in total. The second kappa shape index (κ2) is 6.71. The Morgan fingerprint density at radius 3 is 1.79 bits per heavy atom. The van der Waals surface area contributed by atoms with Crippen LogP contribution in [0.15, 0.2) is 60.7 Å². The molecule has 24 heavy (non-hydrogen) atoms. The summed E-state index contributed by atoms with van der Waals surface area (Å²) < 4.78 is 40.1. The second-order valence-corrected chi connectivity index (χ2v) is 5.18. The van der Waals surface area contributed by atoms with Crippen LogP contribution < -0.4 is 9.47 Å². The molecule has 3 aromatic carbocycles. The zero-order valence-corrected chi connectivity index (χ0v) is 13.3. The van der Waals surface area contributed by atoms with Crippen molar-refractivity contribution >= 4 is 0 Å². The van der Waals surface area contributed by atoms with Gasteiger partial charge in [-0.15, -0.1) is 0 Å². The van der Waals surface area contributed by atoms with Gasteiger partial charge in [-0.1, -0.05) is 36.4 Å². The number of methoxy groups -OCH3 is 2. The highest BCUT2D eigenvalue weighted by Gasteiger charge is 2.20. The van der Waals surface area contributed by atoms with E-state index >= 15 is 4.39 Å². The highest BCUT2D eigenvalue weighted by atomic mass is 19.1. The third-order valence-corrected chi connectivity index (χ3v) is 3.86. The molecule has 122 valence electrons. The summed E-state index contributed by atoms with van der Waals surface area (Å²) in [5, 5.41) is 0. The summed E-state index contributed by atoms with van der Waals surface area (Å²) in [7, 11) is 2.99. The smallest absolute Gasteiger partial charge is 0.142 e. The van der Waals surface area contributed by atoms with Crippen LogP contribution in [0.25, 0.3) is 22.3 Å². The summed E-state index contributed by atoms with van der Waals surface area (Å²) in [5.41, 5.74) is 1.09. The number of para-hydroxylation sites is 2. The molecule has 2 nitrogen and oxygen atoms in total. The van der Waals surface area contributed by atoms with Gasteiger partial charge in [0.05, 0.1) is 19.8 Å². The van der Waals surface area contributed by atoms with Gasteiger partial charge in [0.2, 0.25) is 0 Å². The molecule has 3 aromatic rings. The average Bonchev–Trinajstić information content (AvgIpc) is 2.62.